The van der Waals surface area contributed by atoms with Crippen molar-refractivity contribution in [1.82, 2.24) is 4.57 Å². The summed E-state index contributed by atoms with van der Waals surface area (Å²) in [7, 11) is 4.07. The molecule has 0 aliphatic carbocycles. The molecule has 0 fully saturated rings. The van der Waals surface area contributed by atoms with E-state index in [0.29, 0.717) is 0 Å². The van der Waals surface area contributed by atoms with Crippen LogP contribution in [-0.4, -0.2) is 24.6 Å². The van der Waals surface area contributed by atoms with E-state index in [-0.39, 0.29) is 0 Å². The molecule has 2 N–H and O–H groups in total. The van der Waals surface area contributed by atoms with E-state index < -0.39 is 5.91 Å². The minimum absolute atomic E-state index is 0.430. The van der Waals surface area contributed by atoms with Gasteiger partial charge in [-0.05, 0) is 36.8 Å². The summed E-state index contributed by atoms with van der Waals surface area (Å²) in [6.45, 7) is 3.06. The third-order valence-electron chi connectivity index (χ3n) is 3.12. The summed E-state index contributed by atoms with van der Waals surface area (Å²) in [6, 6.07) is 8.29. The van der Waals surface area contributed by atoms with Crippen LogP contribution in [-0.2, 0) is 11.3 Å². The number of amides is 1. The van der Waals surface area contributed by atoms with Crippen LogP contribution in [0.25, 0.3) is 17.0 Å². The van der Waals surface area contributed by atoms with E-state index in [1.54, 1.807) is 6.08 Å². The van der Waals surface area contributed by atoms with Gasteiger partial charge in [-0.25, -0.2) is 0 Å². The first-order chi connectivity index (χ1) is 9.02. The van der Waals surface area contributed by atoms with Crippen molar-refractivity contribution >= 4 is 28.7 Å². The number of nitrogens with two attached hydrogens (primary N) is 1. The molecule has 0 saturated carbocycles. The van der Waals surface area contributed by atoms with E-state index in [0.717, 1.165) is 17.5 Å². The Bertz CT molecular complexity index is 638. The molecule has 1 amide bonds. The molecule has 4 nitrogen and oxygen atoms in total. The lowest BCUT2D eigenvalue weighted by atomic mass is 10.1. The van der Waals surface area contributed by atoms with Crippen molar-refractivity contribution in [1.29, 1.82) is 0 Å². The van der Waals surface area contributed by atoms with Crippen LogP contribution in [0, 0.1) is 0 Å². The monoisotopic (exact) mass is 257 g/mol. The van der Waals surface area contributed by atoms with Gasteiger partial charge in [0.05, 0.1) is 0 Å². The molecule has 0 saturated heterocycles. The quantitative estimate of drug-likeness (QED) is 0.854. The number of fused-ring (bicyclic) bond motifs is 1. The van der Waals surface area contributed by atoms with Crippen LogP contribution in [0.1, 0.15) is 12.5 Å². The van der Waals surface area contributed by atoms with Gasteiger partial charge in [0.2, 0.25) is 5.91 Å². The Labute approximate surface area is 113 Å². The van der Waals surface area contributed by atoms with E-state index in [1.807, 2.05) is 20.2 Å². The molecular formula is C15H19N3O. The zero-order valence-corrected chi connectivity index (χ0v) is 11.6. The van der Waals surface area contributed by atoms with Crippen LogP contribution in [0.4, 0.5) is 5.82 Å². The highest BCUT2D eigenvalue weighted by atomic mass is 16.1. The van der Waals surface area contributed by atoms with Crippen LogP contribution in [0.5, 0.6) is 0 Å². The number of benzene rings is 1. The number of rotatable bonds is 4. The molecule has 0 atom stereocenters. The van der Waals surface area contributed by atoms with Gasteiger partial charge < -0.3 is 15.2 Å². The number of carbonyl (C=O) groups excluding carboxylic acids is 1. The number of anilines is 1. The van der Waals surface area contributed by atoms with Gasteiger partial charge in [-0.15, -0.1) is 0 Å². The lowest BCUT2D eigenvalue weighted by molar-refractivity contribution is -0.113. The minimum atomic E-state index is -0.430. The lowest BCUT2D eigenvalue weighted by Gasteiger charge is -2.15. The summed E-state index contributed by atoms with van der Waals surface area (Å²) in [6.07, 6.45) is 3.12. The molecule has 0 unspecified atom stereocenters. The van der Waals surface area contributed by atoms with Crippen LogP contribution in [0.2, 0.25) is 0 Å². The van der Waals surface area contributed by atoms with Gasteiger partial charge in [-0.3, -0.25) is 4.79 Å². The molecule has 1 aromatic heterocycles. The van der Waals surface area contributed by atoms with Crippen LogP contribution < -0.4 is 10.6 Å². The molecule has 1 aromatic carbocycles. The maximum atomic E-state index is 10.8. The largest absolute Gasteiger partial charge is 0.366 e. The van der Waals surface area contributed by atoms with E-state index in [4.69, 9.17) is 5.73 Å². The van der Waals surface area contributed by atoms with Crippen LogP contribution in [0.15, 0.2) is 30.3 Å². The van der Waals surface area contributed by atoms with Gasteiger partial charge in [0.1, 0.15) is 5.82 Å². The number of nitrogens with zero attached hydrogens (tertiary/aromatic N) is 2. The first kappa shape index (κ1) is 13.2. The lowest BCUT2D eigenvalue weighted by Crippen LogP contribution is -2.13. The van der Waals surface area contributed by atoms with E-state index in [9.17, 15) is 4.79 Å². The summed E-state index contributed by atoms with van der Waals surface area (Å²) in [5.74, 6) is 0.744. The molecule has 0 aliphatic heterocycles. The fourth-order valence-corrected chi connectivity index (χ4v) is 2.26. The summed E-state index contributed by atoms with van der Waals surface area (Å²) in [5.41, 5.74) is 7.28. The van der Waals surface area contributed by atoms with Crippen molar-refractivity contribution in [3.05, 3.63) is 35.9 Å². The first-order valence-electron chi connectivity index (χ1n) is 6.31. The molecule has 1 heterocycles. The Morgan fingerprint density at radius 1 is 1.37 bits per heavy atom. The zero-order chi connectivity index (χ0) is 14.0. The van der Waals surface area contributed by atoms with Gasteiger partial charge in [0, 0.05) is 37.6 Å². The molecule has 2 aromatic rings. The number of aromatic nitrogens is 1. The molecule has 0 radical (unpaired) electrons. The first-order valence-corrected chi connectivity index (χ1v) is 6.31. The molecule has 100 valence electrons. The van der Waals surface area contributed by atoms with Crippen molar-refractivity contribution in [2.24, 2.45) is 5.73 Å². The summed E-state index contributed by atoms with van der Waals surface area (Å²) in [4.78, 5) is 12.9. The van der Waals surface area contributed by atoms with E-state index in [1.165, 1.54) is 17.4 Å². The number of hydrogen-bond acceptors (Lipinski definition) is 2. The number of aryl methyl sites for hydroxylation is 1. The number of primary amides is 1. The molecule has 4 heteroatoms. The summed E-state index contributed by atoms with van der Waals surface area (Å²) in [5, 5.41) is 1.16. The van der Waals surface area contributed by atoms with E-state index >= 15 is 0 Å². The van der Waals surface area contributed by atoms with Gasteiger partial charge in [-0.1, -0.05) is 6.07 Å². The van der Waals surface area contributed by atoms with Crippen molar-refractivity contribution in [3.63, 3.8) is 0 Å². The molecule has 0 bridgehead atoms. The normalized spacial score (nSPS) is 11.3. The van der Waals surface area contributed by atoms with E-state index in [2.05, 4.69) is 34.6 Å². The van der Waals surface area contributed by atoms with Gasteiger partial charge in [0.25, 0.3) is 0 Å². The highest BCUT2D eigenvalue weighted by molar-refractivity contribution is 5.92. The maximum absolute atomic E-state index is 10.8. The van der Waals surface area contributed by atoms with Gasteiger partial charge in [0.15, 0.2) is 0 Å². The number of carbonyl (C=O) groups is 1. The second-order valence-corrected chi connectivity index (χ2v) is 4.70. The average Bonchev–Trinajstić information content (AvgIpc) is 2.74. The Hall–Kier alpha value is -2.23. The molecule has 0 aliphatic rings. The minimum Gasteiger partial charge on any atom is -0.366 e. The van der Waals surface area contributed by atoms with Gasteiger partial charge in [-0.2, -0.15) is 0 Å². The topological polar surface area (TPSA) is 51.3 Å². The standard InChI is InChI=1S/C15H19N3O/c1-4-18-13-7-5-11(6-8-14(16)19)9-12(13)10-15(18)17(2)3/h5-10H,4H2,1-3H3,(H2,16,19). The predicted molar refractivity (Wildman–Crippen MR) is 80.2 cm³/mol. The van der Waals surface area contributed by atoms with Crippen LogP contribution in [0.3, 0.4) is 0 Å². The second-order valence-electron chi connectivity index (χ2n) is 4.70. The van der Waals surface area contributed by atoms with Crippen molar-refractivity contribution < 1.29 is 4.79 Å². The number of hydrogen-bond donors (Lipinski definition) is 1. The fourth-order valence-electron chi connectivity index (χ4n) is 2.26. The Balaban J connectivity index is 2.52. The van der Waals surface area contributed by atoms with Crippen molar-refractivity contribution in [3.8, 4) is 0 Å². The molecule has 2 rings (SSSR count). The zero-order valence-electron chi connectivity index (χ0n) is 11.6. The predicted octanol–water partition coefficient (Wildman–Crippen LogP) is 2.23. The highest BCUT2D eigenvalue weighted by Gasteiger charge is 2.08. The van der Waals surface area contributed by atoms with Crippen molar-refractivity contribution in [2.75, 3.05) is 19.0 Å². The smallest absolute Gasteiger partial charge is 0.241 e. The van der Waals surface area contributed by atoms with Crippen molar-refractivity contribution in [2.45, 2.75) is 13.5 Å². The summed E-state index contributed by atoms with van der Waals surface area (Å²) < 4.78 is 2.26. The maximum Gasteiger partial charge on any atom is 0.241 e. The third kappa shape index (κ3) is 2.62. The molecular weight excluding hydrogens is 238 g/mol. The Kier molecular flexibility index (Phi) is 3.60. The van der Waals surface area contributed by atoms with Crippen LogP contribution >= 0.6 is 0 Å². The fraction of sp³-hybridized carbons (Fsp3) is 0.267. The third-order valence-corrected chi connectivity index (χ3v) is 3.12. The SMILES string of the molecule is CCn1c(N(C)C)cc2cc(C=CC(N)=O)ccc21. The second kappa shape index (κ2) is 5.18. The Morgan fingerprint density at radius 2 is 2.11 bits per heavy atom. The molecule has 0 spiro atoms. The Morgan fingerprint density at radius 3 is 2.68 bits per heavy atom. The molecule has 19 heavy (non-hydrogen) atoms. The highest BCUT2D eigenvalue weighted by Crippen LogP contribution is 2.26. The summed E-state index contributed by atoms with van der Waals surface area (Å²) >= 11 is 0. The average molecular weight is 257 g/mol. The van der Waals surface area contributed by atoms with Gasteiger partial charge >= 0.3 is 0 Å².